The molecule has 2 aromatic rings. The Balaban J connectivity index is 1.92. The molecule has 0 aliphatic carbocycles. The first-order chi connectivity index (χ1) is 18.1. The lowest BCUT2D eigenvalue weighted by atomic mass is 9.84. The van der Waals surface area contributed by atoms with Crippen LogP contribution in [0.25, 0.3) is 0 Å². The van der Waals surface area contributed by atoms with Crippen LogP contribution in [0.5, 0.6) is 23.0 Å². The first kappa shape index (κ1) is 28.8. The highest BCUT2D eigenvalue weighted by Crippen LogP contribution is 2.41. The zero-order valence-corrected chi connectivity index (χ0v) is 23.0. The second-order valence-electron chi connectivity index (χ2n) is 9.96. The number of nitrogens with zero attached hydrogens (tertiary/aromatic N) is 2. The van der Waals surface area contributed by atoms with E-state index in [-0.39, 0.29) is 53.8 Å². The van der Waals surface area contributed by atoms with Crippen LogP contribution >= 0.6 is 0 Å². The largest absolute Gasteiger partial charge is 0.493 e. The van der Waals surface area contributed by atoms with Gasteiger partial charge in [-0.1, -0.05) is 20.8 Å². The van der Waals surface area contributed by atoms with Crippen LogP contribution in [0.3, 0.4) is 0 Å². The Bertz CT molecular complexity index is 1250. The van der Waals surface area contributed by atoms with Gasteiger partial charge < -0.3 is 23.8 Å². The summed E-state index contributed by atoms with van der Waals surface area (Å²) in [6.45, 7) is 10.6. The number of Topliss-reactive ketones (excluding diaryl/α,β-unsaturated/α-hetero) is 1. The fraction of sp³-hybridized carbons (Fsp3) is 0.483. The van der Waals surface area contributed by atoms with E-state index in [2.05, 4.69) is 6.07 Å². The molecule has 0 aromatic heterocycles. The third kappa shape index (κ3) is 6.01. The van der Waals surface area contributed by atoms with Crippen molar-refractivity contribution in [1.82, 2.24) is 4.90 Å². The van der Waals surface area contributed by atoms with Gasteiger partial charge in [-0.2, -0.15) is 5.26 Å². The van der Waals surface area contributed by atoms with Gasteiger partial charge in [-0.05, 0) is 49.4 Å². The smallest absolute Gasteiger partial charge is 0.197 e. The molecule has 0 spiro atoms. The molecule has 0 amide bonds. The highest BCUT2D eigenvalue weighted by molar-refractivity contribution is 6.06. The van der Waals surface area contributed by atoms with Crippen molar-refractivity contribution in [2.24, 2.45) is 0 Å². The normalized spacial score (nSPS) is 12.7. The van der Waals surface area contributed by atoms with Crippen LogP contribution in [0, 0.1) is 22.6 Å². The van der Waals surface area contributed by atoms with Gasteiger partial charge in [0.05, 0.1) is 45.1 Å². The number of unbranched alkanes of at least 4 members (excludes halogenated alkanes) is 1. The van der Waals surface area contributed by atoms with Crippen molar-refractivity contribution in [2.75, 3.05) is 33.5 Å². The van der Waals surface area contributed by atoms with E-state index in [1.165, 1.54) is 4.90 Å². The lowest BCUT2D eigenvalue weighted by molar-refractivity contribution is 0.0962. The number of methoxy groups -OCH3 is 1. The Labute approximate surface area is 223 Å². The van der Waals surface area contributed by atoms with E-state index in [9.17, 15) is 4.79 Å². The number of rotatable bonds is 12. The molecule has 0 bridgehead atoms. The van der Waals surface area contributed by atoms with E-state index in [1.807, 2.05) is 20.8 Å². The zero-order chi connectivity index (χ0) is 28.0. The van der Waals surface area contributed by atoms with Gasteiger partial charge in [0, 0.05) is 24.1 Å². The minimum Gasteiger partial charge on any atom is -0.493 e. The molecule has 0 unspecified atom stereocenters. The molecule has 2 aromatic carbocycles. The van der Waals surface area contributed by atoms with Crippen molar-refractivity contribution in [2.45, 2.75) is 59.4 Å². The fourth-order valence-electron chi connectivity index (χ4n) is 4.39. The van der Waals surface area contributed by atoms with Crippen LogP contribution in [0.4, 0.5) is 4.39 Å². The summed E-state index contributed by atoms with van der Waals surface area (Å²) < 4.78 is 38.1. The molecule has 38 heavy (non-hydrogen) atoms. The number of benzene rings is 2. The van der Waals surface area contributed by atoms with Crippen molar-refractivity contribution in [3.8, 4) is 29.1 Å². The molecule has 0 saturated carbocycles. The number of halogens is 1. The first-order valence-electron chi connectivity index (χ1n) is 12.8. The van der Waals surface area contributed by atoms with E-state index in [0.29, 0.717) is 48.7 Å². The Kier molecular flexibility index (Phi) is 9.21. The van der Waals surface area contributed by atoms with Crippen LogP contribution in [-0.2, 0) is 12.0 Å². The molecule has 8 nitrogen and oxygen atoms in total. The fourth-order valence-corrected chi connectivity index (χ4v) is 4.39. The van der Waals surface area contributed by atoms with E-state index in [1.54, 1.807) is 39.2 Å². The predicted octanol–water partition coefficient (Wildman–Crippen LogP) is 5.64. The second-order valence-corrected chi connectivity index (χ2v) is 9.96. The Morgan fingerprint density at radius 3 is 2.39 bits per heavy atom. The van der Waals surface area contributed by atoms with Crippen molar-refractivity contribution < 1.29 is 28.1 Å². The van der Waals surface area contributed by atoms with Crippen molar-refractivity contribution >= 4 is 11.6 Å². The standard InChI is InChI=1S/C29H36FN3O5/c1-7-36-23-15-19-16-33(28(32)24(19)25(30)27(23)37-8-2)17-21(34)18-13-20(29(3,4)5)26(35-6)22(14-18)38-12-10-9-11-31/h13-15,32H,7-10,12,16-17H2,1-6H3. The van der Waals surface area contributed by atoms with Crippen LogP contribution in [0.2, 0.25) is 0 Å². The molecule has 0 saturated heterocycles. The Hall–Kier alpha value is -3.80. The van der Waals surface area contributed by atoms with Gasteiger partial charge in [-0.25, -0.2) is 4.39 Å². The summed E-state index contributed by atoms with van der Waals surface area (Å²) in [6.07, 6.45) is 0.905. The summed E-state index contributed by atoms with van der Waals surface area (Å²) in [5, 5.41) is 17.5. The molecular weight excluding hydrogens is 489 g/mol. The maximum Gasteiger partial charge on any atom is 0.197 e. The number of nitriles is 1. The highest BCUT2D eigenvalue weighted by atomic mass is 19.1. The van der Waals surface area contributed by atoms with Crippen molar-refractivity contribution in [3.63, 3.8) is 0 Å². The number of hydrogen-bond donors (Lipinski definition) is 1. The zero-order valence-electron chi connectivity index (χ0n) is 23.0. The van der Waals surface area contributed by atoms with Crippen LogP contribution < -0.4 is 18.9 Å². The number of carbonyl (C=O) groups excluding carboxylic acids is 1. The summed E-state index contributed by atoms with van der Waals surface area (Å²) in [5.41, 5.74) is 1.54. The minimum absolute atomic E-state index is 0.0193. The molecule has 204 valence electrons. The number of fused-ring (bicyclic) bond motifs is 1. The maximum absolute atomic E-state index is 15.4. The molecule has 0 fully saturated rings. The minimum atomic E-state index is -0.653. The van der Waals surface area contributed by atoms with E-state index in [4.69, 9.17) is 29.6 Å². The monoisotopic (exact) mass is 525 g/mol. The molecule has 1 aliphatic rings. The molecule has 1 heterocycles. The van der Waals surface area contributed by atoms with Crippen LogP contribution in [-0.4, -0.2) is 50.0 Å². The van der Waals surface area contributed by atoms with Crippen LogP contribution in [0.15, 0.2) is 18.2 Å². The number of hydrogen-bond acceptors (Lipinski definition) is 7. The lowest BCUT2D eigenvalue weighted by Crippen LogP contribution is -2.30. The maximum atomic E-state index is 15.4. The first-order valence-corrected chi connectivity index (χ1v) is 12.8. The number of nitrogens with one attached hydrogen (secondary N) is 1. The average molecular weight is 526 g/mol. The quantitative estimate of drug-likeness (QED) is 0.283. The van der Waals surface area contributed by atoms with E-state index >= 15 is 4.39 Å². The number of ether oxygens (including phenoxy) is 4. The average Bonchev–Trinajstić information content (AvgIpc) is 3.17. The third-order valence-electron chi connectivity index (χ3n) is 6.19. The van der Waals surface area contributed by atoms with Gasteiger partial charge in [0.15, 0.2) is 34.6 Å². The van der Waals surface area contributed by atoms with Gasteiger partial charge >= 0.3 is 0 Å². The molecule has 1 aliphatic heterocycles. The molecule has 9 heteroatoms. The topological polar surface area (TPSA) is 105 Å². The lowest BCUT2D eigenvalue weighted by Gasteiger charge is -2.25. The van der Waals surface area contributed by atoms with Gasteiger partial charge in [0.1, 0.15) is 5.84 Å². The number of ketones is 1. The Morgan fingerprint density at radius 2 is 1.79 bits per heavy atom. The van der Waals surface area contributed by atoms with Crippen molar-refractivity contribution in [1.29, 1.82) is 10.7 Å². The number of amidine groups is 1. The van der Waals surface area contributed by atoms with Gasteiger partial charge in [0.2, 0.25) is 0 Å². The summed E-state index contributed by atoms with van der Waals surface area (Å²) in [7, 11) is 1.55. The van der Waals surface area contributed by atoms with Gasteiger partial charge in [0.25, 0.3) is 0 Å². The van der Waals surface area contributed by atoms with Gasteiger partial charge in [-0.15, -0.1) is 0 Å². The van der Waals surface area contributed by atoms with E-state index < -0.39 is 5.82 Å². The number of carbonyl (C=O) groups is 1. The van der Waals surface area contributed by atoms with E-state index in [0.717, 1.165) is 5.56 Å². The Morgan fingerprint density at radius 1 is 1.11 bits per heavy atom. The molecule has 3 rings (SSSR count). The van der Waals surface area contributed by atoms with Gasteiger partial charge in [-0.3, -0.25) is 10.2 Å². The molecule has 0 atom stereocenters. The third-order valence-corrected chi connectivity index (χ3v) is 6.19. The predicted molar refractivity (Wildman–Crippen MR) is 142 cm³/mol. The van der Waals surface area contributed by atoms with Crippen LogP contribution in [0.1, 0.15) is 74.5 Å². The SMILES string of the molecule is CCOc1cc2c(c(F)c1OCC)C(=N)N(CC(=O)c1cc(OCCCC#N)c(OC)c(C(C)(C)C)c1)C2. The molecule has 0 radical (unpaired) electrons. The molecule has 1 N–H and O–H groups in total. The summed E-state index contributed by atoms with van der Waals surface area (Å²) in [4.78, 5) is 15.0. The summed E-state index contributed by atoms with van der Waals surface area (Å²) in [5.74, 6) is 0.265. The second kappa shape index (κ2) is 12.2. The molecular formula is C29H36FN3O5. The summed E-state index contributed by atoms with van der Waals surface area (Å²) >= 11 is 0. The summed E-state index contributed by atoms with van der Waals surface area (Å²) in [6, 6.07) is 7.20. The van der Waals surface area contributed by atoms with Crippen molar-refractivity contribution in [3.05, 3.63) is 46.3 Å². The highest BCUT2D eigenvalue weighted by Gasteiger charge is 2.33.